The van der Waals surface area contributed by atoms with Gasteiger partial charge in [-0.05, 0) is 38.0 Å². The van der Waals surface area contributed by atoms with Crippen LogP contribution in [0.25, 0.3) is 0 Å². The Hall–Kier alpha value is -2.57. The van der Waals surface area contributed by atoms with E-state index in [-0.39, 0.29) is 18.2 Å². The van der Waals surface area contributed by atoms with Crippen molar-refractivity contribution in [1.29, 1.82) is 0 Å². The number of carbonyl (C=O) groups excluding carboxylic acids is 2. The molecule has 0 heterocycles. The third-order valence-corrected chi connectivity index (χ3v) is 4.47. The maximum atomic E-state index is 12.3. The predicted octanol–water partition coefficient (Wildman–Crippen LogP) is 2.37. The first-order valence-electron chi connectivity index (χ1n) is 8.31. The molecule has 1 fully saturated rings. The zero-order valence-electron chi connectivity index (χ0n) is 14.8. The number of ether oxygens (including phenoxy) is 1. The highest BCUT2D eigenvalue weighted by atomic mass is 16.5. The molecule has 25 heavy (non-hydrogen) atoms. The van der Waals surface area contributed by atoms with Crippen molar-refractivity contribution in [3.63, 3.8) is 0 Å². The first-order valence-corrected chi connectivity index (χ1v) is 8.31. The summed E-state index contributed by atoms with van der Waals surface area (Å²) in [6.07, 6.45) is 1.80. The van der Waals surface area contributed by atoms with Gasteiger partial charge in [0.15, 0.2) is 0 Å². The van der Waals surface area contributed by atoms with Crippen LogP contribution in [0, 0.1) is 5.41 Å². The maximum Gasteiger partial charge on any atom is 0.310 e. The highest BCUT2D eigenvalue weighted by molar-refractivity contribution is 5.98. The fourth-order valence-electron chi connectivity index (χ4n) is 2.86. The second kappa shape index (κ2) is 7.55. The van der Waals surface area contributed by atoms with E-state index >= 15 is 0 Å². The number of carboxylic acid groups (broad SMARTS) is 1. The van der Waals surface area contributed by atoms with Gasteiger partial charge in [-0.25, -0.2) is 0 Å². The van der Waals surface area contributed by atoms with Crippen LogP contribution >= 0.6 is 0 Å². The molecular weight excluding hydrogens is 324 g/mol. The van der Waals surface area contributed by atoms with Crippen molar-refractivity contribution < 1.29 is 24.2 Å². The van der Waals surface area contributed by atoms with Crippen LogP contribution in [0.1, 0.15) is 43.0 Å². The molecule has 0 unspecified atom stereocenters. The van der Waals surface area contributed by atoms with E-state index in [1.807, 2.05) is 0 Å². The van der Waals surface area contributed by atoms with E-state index in [1.54, 1.807) is 39.2 Å². The predicted molar refractivity (Wildman–Crippen MR) is 92.8 cm³/mol. The van der Waals surface area contributed by atoms with Crippen molar-refractivity contribution in [2.75, 3.05) is 26.0 Å². The lowest BCUT2D eigenvalue weighted by Crippen LogP contribution is -2.41. The van der Waals surface area contributed by atoms with E-state index in [0.717, 1.165) is 6.42 Å². The van der Waals surface area contributed by atoms with Gasteiger partial charge in [-0.3, -0.25) is 14.4 Å². The Labute approximate surface area is 147 Å². The van der Waals surface area contributed by atoms with E-state index in [1.165, 1.54) is 4.90 Å². The minimum absolute atomic E-state index is 0.0632. The van der Waals surface area contributed by atoms with Crippen LogP contribution in [0.2, 0.25) is 0 Å². The zero-order valence-corrected chi connectivity index (χ0v) is 14.8. The molecule has 0 spiro atoms. The number of anilines is 1. The summed E-state index contributed by atoms with van der Waals surface area (Å²) >= 11 is 0. The van der Waals surface area contributed by atoms with Gasteiger partial charge >= 0.3 is 5.97 Å². The molecule has 0 aliphatic heterocycles. The molecule has 1 aliphatic rings. The first kappa shape index (κ1) is 18.8. The zero-order chi connectivity index (χ0) is 18.6. The van der Waals surface area contributed by atoms with E-state index < -0.39 is 11.4 Å². The average molecular weight is 348 g/mol. The van der Waals surface area contributed by atoms with Gasteiger partial charge in [0, 0.05) is 26.1 Å². The minimum Gasteiger partial charge on any atom is -0.492 e. The molecule has 2 N–H and O–H groups in total. The summed E-state index contributed by atoms with van der Waals surface area (Å²) in [6, 6.07) is 4.79. The normalized spacial score (nSPS) is 15.0. The molecule has 0 bridgehead atoms. The van der Waals surface area contributed by atoms with Gasteiger partial charge < -0.3 is 20.1 Å². The molecule has 0 radical (unpaired) electrons. The van der Waals surface area contributed by atoms with Gasteiger partial charge in [0.05, 0.1) is 17.7 Å². The first-order chi connectivity index (χ1) is 11.8. The number of carboxylic acids is 1. The van der Waals surface area contributed by atoms with Crippen molar-refractivity contribution in [2.24, 2.45) is 5.41 Å². The summed E-state index contributed by atoms with van der Waals surface area (Å²) in [5, 5.41) is 12.1. The largest absolute Gasteiger partial charge is 0.492 e. The number of rotatable bonds is 7. The number of hydrogen-bond donors (Lipinski definition) is 2. The second-order valence-corrected chi connectivity index (χ2v) is 6.51. The molecule has 1 aromatic rings. The highest BCUT2D eigenvalue weighted by Crippen LogP contribution is 2.44. The Bertz CT molecular complexity index is 680. The number of nitrogens with zero attached hydrogens (tertiary/aromatic N) is 1. The van der Waals surface area contributed by atoms with E-state index in [9.17, 15) is 19.5 Å². The quantitative estimate of drug-likeness (QED) is 0.789. The van der Waals surface area contributed by atoms with Crippen molar-refractivity contribution in [3.05, 3.63) is 23.8 Å². The van der Waals surface area contributed by atoms with E-state index in [2.05, 4.69) is 5.32 Å². The third kappa shape index (κ3) is 4.10. The van der Waals surface area contributed by atoms with Crippen LogP contribution in [0.5, 0.6) is 5.75 Å². The molecule has 0 atom stereocenters. The SMILES string of the molecule is CCOc1cc(C(=O)N(C)C)ccc1NC(=O)CC1(C(=O)O)CCC1. The van der Waals surface area contributed by atoms with Gasteiger partial charge in [-0.2, -0.15) is 0 Å². The smallest absolute Gasteiger partial charge is 0.310 e. The van der Waals surface area contributed by atoms with E-state index in [0.29, 0.717) is 36.4 Å². The highest BCUT2D eigenvalue weighted by Gasteiger charge is 2.45. The number of aliphatic carboxylic acids is 1. The lowest BCUT2D eigenvalue weighted by molar-refractivity contribution is -0.157. The topological polar surface area (TPSA) is 95.9 Å². The van der Waals surface area contributed by atoms with Crippen molar-refractivity contribution in [3.8, 4) is 5.75 Å². The van der Waals surface area contributed by atoms with Gasteiger partial charge in [-0.1, -0.05) is 6.42 Å². The number of amides is 2. The lowest BCUT2D eigenvalue weighted by atomic mass is 9.66. The van der Waals surface area contributed by atoms with Gasteiger partial charge in [0.25, 0.3) is 5.91 Å². The van der Waals surface area contributed by atoms with Gasteiger partial charge in [-0.15, -0.1) is 0 Å². The van der Waals surface area contributed by atoms with Crippen LogP contribution in [0.4, 0.5) is 5.69 Å². The second-order valence-electron chi connectivity index (χ2n) is 6.51. The monoisotopic (exact) mass is 348 g/mol. The molecule has 1 aromatic carbocycles. The Morgan fingerprint density at radius 2 is 1.96 bits per heavy atom. The fraction of sp³-hybridized carbons (Fsp3) is 0.500. The van der Waals surface area contributed by atoms with Crippen LogP contribution in [-0.2, 0) is 9.59 Å². The molecule has 7 heteroatoms. The minimum atomic E-state index is -0.948. The molecule has 1 aliphatic carbocycles. The average Bonchev–Trinajstić information content (AvgIpc) is 2.51. The fourth-order valence-corrected chi connectivity index (χ4v) is 2.86. The van der Waals surface area contributed by atoms with Crippen LogP contribution in [0.15, 0.2) is 18.2 Å². The number of benzene rings is 1. The lowest BCUT2D eigenvalue weighted by Gasteiger charge is -2.36. The molecule has 2 rings (SSSR count). The number of hydrogen-bond acceptors (Lipinski definition) is 4. The molecule has 2 amide bonds. The summed E-state index contributed by atoms with van der Waals surface area (Å²) in [6.45, 7) is 2.18. The van der Waals surface area contributed by atoms with Crippen LogP contribution in [-0.4, -0.2) is 48.5 Å². The summed E-state index contributed by atoms with van der Waals surface area (Å²) in [5.74, 6) is -1.07. The van der Waals surface area contributed by atoms with Gasteiger partial charge in [0.2, 0.25) is 5.91 Å². The van der Waals surface area contributed by atoms with E-state index in [4.69, 9.17) is 4.74 Å². The van der Waals surface area contributed by atoms with Crippen LogP contribution in [0.3, 0.4) is 0 Å². The van der Waals surface area contributed by atoms with Crippen molar-refractivity contribution in [1.82, 2.24) is 4.90 Å². The molecule has 0 aromatic heterocycles. The van der Waals surface area contributed by atoms with Crippen LogP contribution < -0.4 is 10.1 Å². The Morgan fingerprint density at radius 1 is 1.28 bits per heavy atom. The summed E-state index contributed by atoms with van der Waals surface area (Å²) < 4.78 is 5.52. The third-order valence-electron chi connectivity index (χ3n) is 4.47. The maximum absolute atomic E-state index is 12.3. The molecular formula is C18H24N2O5. The summed E-state index contributed by atoms with van der Waals surface area (Å²) in [7, 11) is 3.31. The Balaban J connectivity index is 2.16. The Kier molecular flexibility index (Phi) is 5.66. The standard InChI is InChI=1S/C18H24N2O5/c1-4-25-14-10-12(16(22)20(2)3)6-7-13(14)19-15(21)11-18(17(23)24)8-5-9-18/h6-7,10H,4-5,8-9,11H2,1-3H3,(H,19,21)(H,23,24). The molecule has 1 saturated carbocycles. The van der Waals surface area contributed by atoms with Crippen molar-refractivity contribution >= 4 is 23.5 Å². The van der Waals surface area contributed by atoms with Crippen molar-refractivity contribution in [2.45, 2.75) is 32.6 Å². The molecule has 7 nitrogen and oxygen atoms in total. The molecule has 136 valence electrons. The molecule has 0 saturated heterocycles. The summed E-state index contributed by atoms with van der Waals surface area (Å²) in [4.78, 5) is 37.2. The van der Waals surface area contributed by atoms with Gasteiger partial charge in [0.1, 0.15) is 5.75 Å². The number of nitrogens with one attached hydrogen (secondary N) is 1. The Morgan fingerprint density at radius 3 is 2.44 bits per heavy atom. The summed E-state index contributed by atoms with van der Waals surface area (Å²) in [5.41, 5.74) is -0.0640. The number of carbonyl (C=O) groups is 3.